The third-order valence-corrected chi connectivity index (χ3v) is 4.61. The molecule has 3 aromatic carbocycles. The van der Waals surface area contributed by atoms with E-state index in [1.807, 2.05) is 54.6 Å². The van der Waals surface area contributed by atoms with Gasteiger partial charge in [-0.1, -0.05) is 91.0 Å². The van der Waals surface area contributed by atoms with Crippen LogP contribution in [-0.2, 0) is 24.6 Å². The van der Waals surface area contributed by atoms with Gasteiger partial charge in [-0.2, -0.15) is 0 Å². The van der Waals surface area contributed by atoms with Gasteiger partial charge >= 0.3 is 5.97 Å². The van der Waals surface area contributed by atoms with E-state index in [1.54, 1.807) is 6.92 Å². The van der Waals surface area contributed by atoms with Crippen molar-refractivity contribution in [2.45, 2.75) is 12.5 Å². The summed E-state index contributed by atoms with van der Waals surface area (Å²) in [5.41, 5.74) is 2.31. The summed E-state index contributed by atoms with van der Waals surface area (Å²) in [4.78, 5) is 11.5. The van der Waals surface area contributed by atoms with Gasteiger partial charge in [0.05, 0.1) is 19.8 Å². The summed E-state index contributed by atoms with van der Waals surface area (Å²) in [6.07, 6.45) is 0. The van der Waals surface area contributed by atoms with Crippen LogP contribution in [0.3, 0.4) is 0 Å². The normalized spacial score (nSPS) is 11.2. The minimum absolute atomic E-state index is 0.0772. The molecule has 0 atom stereocenters. The molecule has 0 aliphatic heterocycles. The van der Waals surface area contributed by atoms with Gasteiger partial charge in [0.2, 0.25) is 0 Å². The van der Waals surface area contributed by atoms with E-state index in [4.69, 9.17) is 14.2 Å². The number of carbonyl (C=O) groups is 1. The van der Waals surface area contributed by atoms with Crippen molar-refractivity contribution in [3.05, 3.63) is 108 Å². The molecule has 0 aromatic heterocycles. The number of hydrogen-bond acceptors (Lipinski definition) is 4. The predicted octanol–water partition coefficient (Wildman–Crippen LogP) is 4.57. The fourth-order valence-electron chi connectivity index (χ4n) is 3.38. The first kappa shape index (κ1) is 20.8. The van der Waals surface area contributed by atoms with E-state index in [-0.39, 0.29) is 19.2 Å². The van der Waals surface area contributed by atoms with Gasteiger partial charge in [-0.05, 0) is 23.6 Å². The van der Waals surface area contributed by atoms with Crippen molar-refractivity contribution in [1.82, 2.24) is 0 Å². The Kier molecular flexibility index (Phi) is 7.56. The van der Waals surface area contributed by atoms with Crippen LogP contribution in [-0.4, -0.2) is 32.4 Å². The number of ether oxygens (including phenoxy) is 3. The number of hydrogen-bond donors (Lipinski definition) is 0. The molecular formula is C25H26O4. The number of rotatable bonds is 10. The zero-order valence-corrected chi connectivity index (χ0v) is 16.6. The summed E-state index contributed by atoms with van der Waals surface area (Å²) in [6.45, 7) is 2.64. The second-order valence-electron chi connectivity index (χ2n) is 6.49. The van der Waals surface area contributed by atoms with Crippen LogP contribution in [0.1, 0.15) is 23.6 Å². The first-order valence-electron chi connectivity index (χ1n) is 9.81. The molecule has 0 spiro atoms. The minimum Gasteiger partial charge on any atom is -0.464 e. The molecule has 0 radical (unpaired) electrons. The van der Waals surface area contributed by atoms with Gasteiger partial charge in [-0.15, -0.1) is 0 Å². The molecule has 0 saturated heterocycles. The summed E-state index contributed by atoms with van der Waals surface area (Å²) in [5, 5.41) is 0. The number of benzene rings is 3. The lowest BCUT2D eigenvalue weighted by Gasteiger charge is -2.36. The fraction of sp³-hybridized carbons (Fsp3) is 0.240. The van der Waals surface area contributed by atoms with Crippen molar-refractivity contribution in [3.63, 3.8) is 0 Å². The van der Waals surface area contributed by atoms with Gasteiger partial charge in [0.15, 0.2) is 0 Å². The Balaban J connectivity index is 1.90. The average molecular weight is 390 g/mol. The molecule has 4 heteroatoms. The smallest absolute Gasteiger partial charge is 0.332 e. The molecule has 0 heterocycles. The first-order chi connectivity index (χ1) is 14.3. The Labute approximate surface area is 172 Å². The number of esters is 1. The molecule has 0 bridgehead atoms. The molecule has 4 nitrogen and oxygen atoms in total. The Morgan fingerprint density at radius 3 is 1.59 bits per heavy atom. The largest absolute Gasteiger partial charge is 0.464 e. The van der Waals surface area contributed by atoms with Crippen LogP contribution in [0.4, 0.5) is 0 Å². The van der Waals surface area contributed by atoms with Crippen molar-refractivity contribution in [3.8, 4) is 0 Å². The maximum Gasteiger partial charge on any atom is 0.332 e. The van der Waals surface area contributed by atoms with Crippen LogP contribution in [0.25, 0.3) is 0 Å². The second kappa shape index (κ2) is 10.6. The Hall–Kier alpha value is -2.95. The fourth-order valence-corrected chi connectivity index (χ4v) is 3.38. The standard InChI is InChI=1S/C25H26O4/c1-2-28-24(26)20-27-18-19-29-25(21-12-6-3-7-13-21,22-14-8-4-9-15-22)23-16-10-5-11-17-23/h3-17H,2,18-20H2,1H3. The van der Waals surface area contributed by atoms with Crippen LogP contribution >= 0.6 is 0 Å². The SMILES string of the molecule is CCOC(=O)COCCOC(c1ccccc1)(c1ccccc1)c1ccccc1. The third-order valence-electron chi connectivity index (χ3n) is 4.61. The summed E-state index contributed by atoms with van der Waals surface area (Å²) in [7, 11) is 0. The molecule has 0 aliphatic rings. The van der Waals surface area contributed by atoms with Crippen LogP contribution in [0.15, 0.2) is 91.0 Å². The van der Waals surface area contributed by atoms with Gasteiger partial charge in [0, 0.05) is 0 Å². The monoisotopic (exact) mass is 390 g/mol. The van der Waals surface area contributed by atoms with Crippen molar-refractivity contribution < 1.29 is 19.0 Å². The van der Waals surface area contributed by atoms with Crippen molar-refractivity contribution in [2.24, 2.45) is 0 Å². The molecule has 3 aromatic rings. The number of carbonyl (C=O) groups excluding carboxylic acids is 1. The van der Waals surface area contributed by atoms with E-state index >= 15 is 0 Å². The summed E-state index contributed by atoms with van der Waals surface area (Å²) in [5.74, 6) is -0.368. The topological polar surface area (TPSA) is 44.8 Å². The lowest BCUT2D eigenvalue weighted by Crippen LogP contribution is -2.34. The Morgan fingerprint density at radius 1 is 0.724 bits per heavy atom. The van der Waals surface area contributed by atoms with E-state index in [0.717, 1.165) is 16.7 Å². The minimum atomic E-state index is -0.781. The molecular weight excluding hydrogens is 364 g/mol. The van der Waals surface area contributed by atoms with Crippen LogP contribution < -0.4 is 0 Å². The molecule has 0 N–H and O–H groups in total. The van der Waals surface area contributed by atoms with E-state index < -0.39 is 5.60 Å². The van der Waals surface area contributed by atoms with Gasteiger partial charge in [0.1, 0.15) is 12.2 Å². The van der Waals surface area contributed by atoms with Gasteiger partial charge in [-0.25, -0.2) is 4.79 Å². The van der Waals surface area contributed by atoms with E-state index in [2.05, 4.69) is 36.4 Å². The maximum absolute atomic E-state index is 11.5. The van der Waals surface area contributed by atoms with E-state index in [1.165, 1.54) is 0 Å². The predicted molar refractivity (Wildman–Crippen MR) is 113 cm³/mol. The van der Waals surface area contributed by atoms with E-state index in [0.29, 0.717) is 13.2 Å². The van der Waals surface area contributed by atoms with Crippen molar-refractivity contribution in [2.75, 3.05) is 26.4 Å². The van der Waals surface area contributed by atoms with Crippen molar-refractivity contribution in [1.29, 1.82) is 0 Å². The lowest BCUT2D eigenvalue weighted by molar-refractivity contribution is -0.149. The summed E-state index contributed by atoms with van der Waals surface area (Å²) < 4.78 is 16.9. The zero-order chi connectivity index (χ0) is 20.4. The molecule has 0 unspecified atom stereocenters. The van der Waals surface area contributed by atoms with Crippen molar-refractivity contribution >= 4 is 5.97 Å². The molecule has 150 valence electrons. The molecule has 0 amide bonds. The summed E-state index contributed by atoms with van der Waals surface area (Å²) >= 11 is 0. The first-order valence-corrected chi connectivity index (χ1v) is 9.81. The van der Waals surface area contributed by atoms with Crippen LogP contribution in [0, 0.1) is 0 Å². The Bertz CT molecular complexity index is 766. The highest BCUT2D eigenvalue weighted by atomic mass is 16.6. The summed E-state index contributed by atoms with van der Waals surface area (Å²) in [6, 6.07) is 30.5. The quantitative estimate of drug-likeness (QED) is 0.289. The van der Waals surface area contributed by atoms with Crippen LogP contribution in [0.2, 0.25) is 0 Å². The molecule has 0 aliphatic carbocycles. The Morgan fingerprint density at radius 2 is 1.17 bits per heavy atom. The van der Waals surface area contributed by atoms with Gasteiger partial charge < -0.3 is 14.2 Å². The maximum atomic E-state index is 11.5. The zero-order valence-electron chi connectivity index (χ0n) is 16.6. The van der Waals surface area contributed by atoms with E-state index in [9.17, 15) is 4.79 Å². The lowest BCUT2D eigenvalue weighted by atomic mass is 9.80. The highest BCUT2D eigenvalue weighted by molar-refractivity contribution is 5.70. The van der Waals surface area contributed by atoms with Crippen LogP contribution in [0.5, 0.6) is 0 Å². The molecule has 29 heavy (non-hydrogen) atoms. The van der Waals surface area contributed by atoms with Gasteiger partial charge in [0.25, 0.3) is 0 Å². The molecule has 3 rings (SSSR count). The average Bonchev–Trinajstić information content (AvgIpc) is 2.78. The third kappa shape index (κ3) is 5.11. The molecule has 0 fully saturated rings. The van der Waals surface area contributed by atoms with Gasteiger partial charge in [-0.3, -0.25) is 0 Å². The molecule has 0 saturated carbocycles. The highest BCUT2D eigenvalue weighted by Gasteiger charge is 2.37. The highest BCUT2D eigenvalue weighted by Crippen LogP contribution is 2.40. The second-order valence-corrected chi connectivity index (χ2v) is 6.49.